The highest BCUT2D eigenvalue weighted by Crippen LogP contribution is 2.46. The van der Waals surface area contributed by atoms with Gasteiger partial charge in [-0.3, -0.25) is 9.59 Å². The zero-order chi connectivity index (χ0) is 28.9. The van der Waals surface area contributed by atoms with Gasteiger partial charge in [-0.1, -0.05) is 37.6 Å². The Kier molecular flexibility index (Phi) is 7.43. The molecule has 5 atom stereocenters. The number of hydrogen-bond donors (Lipinski definition) is 1. The molecule has 41 heavy (non-hydrogen) atoms. The van der Waals surface area contributed by atoms with Gasteiger partial charge in [0.2, 0.25) is 10.0 Å². The summed E-state index contributed by atoms with van der Waals surface area (Å²) in [6.45, 7) is 5.53. The summed E-state index contributed by atoms with van der Waals surface area (Å²) in [6, 6.07) is 11.3. The normalized spacial score (nSPS) is 32.0. The quantitative estimate of drug-likeness (QED) is 0.443. The van der Waals surface area contributed by atoms with Crippen LogP contribution in [0, 0.1) is 23.7 Å². The highest BCUT2D eigenvalue weighted by molar-refractivity contribution is 7.90. The van der Waals surface area contributed by atoms with Gasteiger partial charge in [-0.25, -0.2) is 13.1 Å². The van der Waals surface area contributed by atoms with Gasteiger partial charge in [0.05, 0.1) is 18.0 Å². The number of amides is 1. The van der Waals surface area contributed by atoms with Gasteiger partial charge in [0.15, 0.2) is 5.78 Å². The van der Waals surface area contributed by atoms with Gasteiger partial charge in [-0.05, 0) is 97.4 Å². The molecule has 0 unspecified atom stereocenters. The van der Waals surface area contributed by atoms with Gasteiger partial charge in [0.1, 0.15) is 5.75 Å². The van der Waals surface area contributed by atoms with E-state index < -0.39 is 15.9 Å². The number of carbonyl (C=O) groups is 2. The maximum atomic E-state index is 13.3. The second kappa shape index (κ2) is 10.8. The van der Waals surface area contributed by atoms with Crippen LogP contribution in [0.3, 0.4) is 0 Å². The molecule has 2 aliphatic heterocycles. The number of halogens is 1. The maximum Gasteiger partial charge on any atom is 0.264 e. The van der Waals surface area contributed by atoms with Crippen LogP contribution in [0.25, 0.3) is 0 Å². The Morgan fingerprint density at radius 1 is 1.10 bits per heavy atom. The van der Waals surface area contributed by atoms with E-state index in [2.05, 4.69) is 21.8 Å². The van der Waals surface area contributed by atoms with Gasteiger partial charge in [0, 0.05) is 35.0 Å². The number of sulfonamides is 1. The molecule has 9 heteroatoms. The van der Waals surface area contributed by atoms with E-state index in [1.54, 1.807) is 24.3 Å². The molecule has 1 spiro atoms. The molecule has 2 aromatic carbocycles. The molecule has 7 nitrogen and oxygen atoms in total. The van der Waals surface area contributed by atoms with Crippen LogP contribution in [0.5, 0.6) is 5.75 Å². The lowest BCUT2D eigenvalue weighted by Crippen LogP contribution is -2.49. The zero-order valence-electron chi connectivity index (χ0n) is 23.6. The molecule has 0 saturated heterocycles. The van der Waals surface area contributed by atoms with Crippen LogP contribution < -0.4 is 14.4 Å². The van der Waals surface area contributed by atoms with E-state index >= 15 is 0 Å². The molecule has 6 rings (SSSR count). The van der Waals surface area contributed by atoms with Crippen molar-refractivity contribution in [2.24, 2.45) is 23.7 Å². The molecule has 218 valence electrons. The van der Waals surface area contributed by atoms with Crippen molar-refractivity contribution in [1.29, 1.82) is 0 Å². The molecule has 2 bridgehead atoms. The highest BCUT2D eigenvalue weighted by atomic mass is 35.5. The predicted octanol–water partition coefficient (Wildman–Crippen LogP) is 5.31. The number of ether oxygens (including phenoxy) is 1. The lowest BCUT2D eigenvalue weighted by atomic mass is 9.68. The topological polar surface area (TPSA) is 92.8 Å². The standard InChI is InChI=1S/C32H37ClN2O5S/c1-20-5-11-29(36)26-9-6-24(26)16-35-18-32(13-3-4-22-14-25(33)8-10-27(22)32)19-40-30-12-7-23(15-28(30)35)31(37)34-41(38,39)17-21(20)2/h5,7-8,10-12,14-15,20-21,24,26H,3-4,6,9,13,16-19H2,1-2H3,(H,34,37)/b11-5+/t20-,21+,24-,26+,32-/m0/s1. The first-order valence-electron chi connectivity index (χ1n) is 14.6. The monoisotopic (exact) mass is 596 g/mol. The van der Waals surface area contributed by atoms with Gasteiger partial charge in [-0.15, -0.1) is 0 Å². The number of hydrogen-bond acceptors (Lipinski definition) is 6. The number of benzene rings is 2. The molecule has 1 N–H and O–H groups in total. The van der Waals surface area contributed by atoms with Gasteiger partial charge in [-0.2, -0.15) is 0 Å². The highest BCUT2D eigenvalue weighted by Gasteiger charge is 2.44. The smallest absolute Gasteiger partial charge is 0.264 e. The molecule has 1 amide bonds. The number of rotatable bonds is 0. The second-order valence-electron chi connectivity index (χ2n) is 12.5. The van der Waals surface area contributed by atoms with Crippen LogP contribution in [0.2, 0.25) is 5.02 Å². The van der Waals surface area contributed by atoms with Crippen LogP contribution in [0.1, 0.15) is 61.0 Å². The molecule has 2 aromatic rings. The molecule has 2 aliphatic carbocycles. The minimum absolute atomic E-state index is 0.0714. The van der Waals surface area contributed by atoms with Crippen molar-refractivity contribution in [1.82, 2.24) is 4.72 Å². The van der Waals surface area contributed by atoms with Gasteiger partial charge < -0.3 is 9.64 Å². The maximum absolute atomic E-state index is 13.3. The van der Waals surface area contributed by atoms with Crippen molar-refractivity contribution in [3.8, 4) is 5.75 Å². The third-order valence-corrected chi connectivity index (χ3v) is 11.4. The van der Waals surface area contributed by atoms with Gasteiger partial charge in [0.25, 0.3) is 5.91 Å². The second-order valence-corrected chi connectivity index (χ2v) is 14.7. The molecule has 1 saturated carbocycles. The number of nitrogens with zero attached hydrogens (tertiary/aromatic N) is 1. The number of nitrogens with one attached hydrogen (secondary N) is 1. The van der Waals surface area contributed by atoms with Crippen molar-refractivity contribution < 1.29 is 22.7 Å². The molecular formula is C32H37ClN2O5S. The predicted molar refractivity (Wildman–Crippen MR) is 160 cm³/mol. The molecule has 2 heterocycles. The zero-order valence-corrected chi connectivity index (χ0v) is 25.1. The minimum Gasteiger partial charge on any atom is -0.490 e. The van der Waals surface area contributed by atoms with Crippen molar-refractivity contribution >= 4 is 39.0 Å². The number of carbonyl (C=O) groups excluding carboxylic acids is 2. The van der Waals surface area contributed by atoms with E-state index in [9.17, 15) is 18.0 Å². The van der Waals surface area contributed by atoms with Crippen LogP contribution in [-0.4, -0.2) is 45.6 Å². The van der Waals surface area contributed by atoms with E-state index in [1.165, 1.54) is 11.1 Å². The number of ketones is 1. The third-order valence-electron chi connectivity index (χ3n) is 9.73. The number of allylic oxidation sites excluding steroid dienone is 2. The van der Waals surface area contributed by atoms with Crippen LogP contribution in [-0.2, 0) is 26.7 Å². The molecule has 1 fully saturated rings. The first kappa shape index (κ1) is 28.3. The summed E-state index contributed by atoms with van der Waals surface area (Å²) in [5.74, 6) is -0.385. The van der Waals surface area contributed by atoms with Crippen molar-refractivity contribution in [3.63, 3.8) is 0 Å². The number of anilines is 1. The SMILES string of the molecule is C[C@@H]1CS(=O)(=O)NC(=O)c2ccc3c(c2)N(C[C@@H]2CC[C@H]2C(=O)/C=C/[C@@H]1C)C[C@@]1(CCCc2cc(Cl)ccc21)CO3. The molecular weight excluding hydrogens is 560 g/mol. The Morgan fingerprint density at radius 2 is 1.93 bits per heavy atom. The number of aryl methyl sites for hydroxylation is 1. The van der Waals surface area contributed by atoms with Crippen LogP contribution >= 0.6 is 11.6 Å². The Hall–Kier alpha value is -2.84. The summed E-state index contributed by atoms with van der Waals surface area (Å²) in [5.41, 5.74) is 3.23. The molecule has 0 radical (unpaired) electrons. The summed E-state index contributed by atoms with van der Waals surface area (Å²) >= 11 is 6.37. The number of fused-ring (bicyclic) bond motifs is 4. The van der Waals surface area contributed by atoms with E-state index in [0.29, 0.717) is 25.4 Å². The fourth-order valence-electron chi connectivity index (χ4n) is 7.00. The van der Waals surface area contributed by atoms with Crippen LogP contribution in [0.4, 0.5) is 5.69 Å². The van der Waals surface area contributed by atoms with Crippen LogP contribution in [0.15, 0.2) is 48.6 Å². The van der Waals surface area contributed by atoms with Gasteiger partial charge >= 0.3 is 0 Å². The Morgan fingerprint density at radius 3 is 2.71 bits per heavy atom. The third kappa shape index (κ3) is 5.53. The average Bonchev–Trinajstić information content (AvgIpc) is 3.05. The summed E-state index contributed by atoms with van der Waals surface area (Å²) in [6.07, 6.45) is 8.20. The summed E-state index contributed by atoms with van der Waals surface area (Å²) in [7, 11) is -3.89. The Bertz CT molecular complexity index is 1520. The van der Waals surface area contributed by atoms with Crippen molar-refractivity contribution in [2.45, 2.75) is 51.4 Å². The fourth-order valence-corrected chi connectivity index (χ4v) is 8.67. The van der Waals surface area contributed by atoms with E-state index in [1.807, 2.05) is 26.0 Å². The average molecular weight is 597 g/mol. The Labute approximate surface area is 247 Å². The lowest BCUT2D eigenvalue weighted by molar-refractivity contribution is -0.122. The van der Waals surface area contributed by atoms with E-state index in [0.717, 1.165) is 42.8 Å². The first-order valence-corrected chi connectivity index (χ1v) is 16.6. The summed E-state index contributed by atoms with van der Waals surface area (Å²) in [4.78, 5) is 28.8. The summed E-state index contributed by atoms with van der Waals surface area (Å²) < 4.78 is 34.6. The molecule has 0 aromatic heterocycles. The van der Waals surface area contributed by atoms with Crippen molar-refractivity contribution in [2.75, 3.05) is 30.3 Å². The van der Waals surface area contributed by atoms with E-state index in [-0.39, 0.29) is 46.2 Å². The lowest BCUT2D eigenvalue weighted by Gasteiger charge is -2.44. The Balaban J connectivity index is 1.42. The fraction of sp³-hybridized carbons (Fsp3) is 0.500. The first-order chi connectivity index (χ1) is 19.5. The minimum atomic E-state index is -3.89. The molecule has 4 aliphatic rings. The largest absolute Gasteiger partial charge is 0.490 e. The summed E-state index contributed by atoms with van der Waals surface area (Å²) in [5, 5.41) is 0.724. The van der Waals surface area contributed by atoms with E-state index in [4.69, 9.17) is 16.3 Å². The van der Waals surface area contributed by atoms with Crippen molar-refractivity contribution in [3.05, 3.63) is 70.3 Å².